The van der Waals surface area contributed by atoms with Gasteiger partial charge in [0.1, 0.15) is 6.54 Å². The van der Waals surface area contributed by atoms with Gasteiger partial charge in [-0.05, 0) is 49.0 Å². The van der Waals surface area contributed by atoms with Crippen LogP contribution in [0, 0.1) is 6.92 Å². The Morgan fingerprint density at radius 1 is 1.16 bits per heavy atom. The highest BCUT2D eigenvalue weighted by Gasteiger charge is 2.36. The topological polar surface area (TPSA) is 91.8 Å². The van der Waals surface area contributed by atoms with Crippen molar-refractivity contribution in [3.8, 4) is 0 Å². The van der Waals surface area contributed by atoms with Crippen LogP contribution in [-0.2, 0) is 14.3 Å². The van der Waals surface area contributed by atoms with Gasteiger partial charge in [0.15, 0.2) is 0 Å². The van der Waals surface area contributed by atoms with Crippen LogP contribution in [0.4, 0.5) is 16.2 Å². The van der Waals surface area contributed by atoms with Crippen LogP contribution in [-0.4, -0.2) is 59.8 Å². The number of thioether (sulfide) groups is 1. The van der Waals surface area contributed by atoms with Crippen LogP contribution >= 0.6 is 11.8 Å². The molecule has 8 nitrogen and oxygen atoms in total. The second-order valence-electron chi connectivity index (χ2n) is 7.14. The largest absolute Gasteiger partial charge is 0.378 e. The van der Waals surface area contributed by atoms with Gasteiger partial charge in [0.25, 0.3) is 11.1 Å². The summed E-state index contributed by atoms with van der Waals surface area (Å²) >= 11 is 0.813. The monoisotopic (exact) mass is 438 g/mol. The third kappa shape index (κ3) is 4.95. The molecule has 1 aromatic heterocycles. The van der Waals surface area contributed by atoms with Crippen LogP contribution in [0.1, 0.15) is 11.4 Å². The van der Waals surface area contributed by atoms with Crippen molar-refractivity contribution in [1.29, 1.82) is 0 Å². The zero-order chi connectivity index (χ0) is 21.8. The fraction of sp³-hybridized carbons (Fsp3) is 0.273. The van der Waals surface area contributed by atoms with E-state index in [1.807, 2.05) is 37.3 Å². The average molecular weight is 439 g/mol. The molecule has 9 heteroatoms. The van der Waals surface area contributed by atoms with E-state index in [1.165, 1.54) is 0 Å². The molecule has 0 atom stereocenters. The molecule has 3 amide bonds. The van der Waals surface area contributed by atoms with E-state index in [0.29, 0.717) is 24.6 Å². The quantitative estimate of drug-likeness (QED) is 0.718. The summed E-state index contributed by atoms with van der Waals surface area (Å²) in [5.41, 5.74) is 2.93. The molecular weight excluding hydrogens is 416 g/mol. The molecule has 0 unspecified atom stereocenters. The van der Waals surface area contributed by atoms with Crippen molar-refractivity contribution < 1.29 is 19.1 Å². The number of ether oxygens (including phenoxy) is 1. The van der Waals surface area contributed by atoms with E-state index in [0.717, 1.165) is 41.1 Å². The zero-order valence-electron chi connectivity index (χ0n) is 17.0. The fourth-order valence-corrected chi connectivity index (χ4v) is 4.23. The second kappa shape index (κ2) is 9.32. The Bertz CT molecular complexity index is 1050. The van der Waals surface area contributed by atoms with Gasteiger partial charge >= 0.3 is 0 Å². The minimum Gasteiger partial charge on any atom is -0.378 e. The lowest BCUT2D eigenvalue weighted by Gasteiger charge is -2.30. The van der Waals surface area contributed by atoms with E-state index >= 15 is 0 Å². The lowest BCUT2D eigenvalue weighted by molar-refractivity contribution is -0.127. The van der Waals surface area contributed by atoms with E-state index in [4.69, 9.17) is 4.74 Å². The Hall–Kier alpha value is -3.17. The van der Waals surface area contributed by atoms with E-state index in [2.05, 4.69) is 15.2 Å². The number of carbonyl (C=O) groups is 3. The van der Waals surface area contributed by atoms with Gasteiger partial charge in [0.05, 0.1) is 35.2 Å². The smallest absolute Gasteiger partial charge is 0.294 e. The molecule has 4 rings (SSSR count). The molecule has 3 heterocycles. The number of nitrogens with zero attached hydrogens (tertiary/aromatic N) is 3. The molecule has 1 N–H and O–H groups in total. The number of hydrogen-bond acceptors (Lipinski definition) is 7. The van der Waals surface area contributed by atoms with Crippen molar-refractivity contribution in [1.82, 2.24) is 9.88 Å². The number of rotatable bonds is 5. The van der Waals surface area contributed by atoms with Crippen molar-refractivity contribution in [3.05, 3.63) is 58.8 Å². The van der Waals surface area contributed by atoms with Gasteiger partial charge in [-0.25, -0.2) is 0 Å². The summed E-state index contributed by atoms with van der Waals surface area (Å²) < 4.78 is 5.39. The molecule has 160 valence electrons. The molecule has 0 aliphatic carbocycles. The summed E-state index contributed by atoms with van der Waals surface area (Å²) in [4.78, 5) is 45.4. The van der Waals surface area contributed by atoms with Gasteiger partial charge in [-0.2, -0.15) is 0 Å². The number of pyridine rings is 1. The minimum atomic E-state index is -0.491. The van der Waals surface area contributed by atoms with Gasteiger partial charge in [-0.1, -0.05) is 18.2 Å². The van der Waals surface area contributed by atoms with Crippen molar-refractivity contribution in [2.45, 2.75) is 6.92 Å². The summed E-state index contributed by atoms with van der Waals surface area (Å²) in [5, 5.41) is 2.37. The minimum absolute atomic E-state index is 0.254. The Morgan fingerprint density at radius 2 is 1.94 bits per heavy atom. The maximum absolute atomic E-state index is 12.7. The average Bonchev–Trinajstić information content (AvgIpc) is 3.02. The number of imide groups is 1. The van der Waals surface area contributed by atoms with E-state index in [9.17, 15) is 14.4 Å². The number of benzene rings is 1. The summed E-state index contributed by atoms with van der Waals surface area (Å²) in [7, 11) is 0. The van der Waals surface area contributed by atoms with Crippen molar-refractivity contribution in [2.24, 2.45) is 0 Å². The first-order valence-electron chi connectivity index (χ1n) is 9.92. The Morgan fingerprint density at radius 3 is 2.71 bits per heavy atom. The fourth-order valence-electron chi connectivity index (χ4n) is 3.41. The molecule has 0 saturated carbocycles. The first-order valence-corrected chi connectivity index (χ1v) is 10.7. The summed E-state index contributed by atoms with van der Waals surface area (Å²) in [5.74, 6) is -0.923. The molecule has 0 bridgehead atoms. The first-order chi connectivity index (χ1) is 15.0. The molecule has 1 aromatic carbocycles. The molecule has 2 aromatic rings. The van der Waals surface area contributed by atoms with E-state index in [1.54, 1.807) is 18.2 Å². The van der Waals surface area contributed by atoms with Crippen LogP contribution in [0.3, 0.4) is 0 Å². The number of nitrogens with one attached hydrogen (secondary N) is 1. The number of amides is 3. The molecule has 2 aliphatic heterocycles. The lowest BCUT2D eigenvalue weighted by atomic mass is 10.2. The van der Waals surface area contributed by atoms with Crippen LogP contribution < -0.4 is 10.2 Å². The molecule has 2 aliphatic rings. The Balaban J connectivity index is 1.44. The van der Waals surface area contributed by atoms with Crippen LogP contribution in [0.5, 0.6) is 0 Å². The number of aromatic nitrogens is 1. The SMILES string of the molecule is Cc1cccc(/C=C2/SC(=O)N(CC(=O)Nc3ccccc3N3CCOCC3)C2=O)n1. The molecule has 2 saturated heterocycles. The van der Waals surface area contributed by atoms with E-state index < -0.39 is 17.1 Å². The Kier molecular flexibility index (Phi) is 6.34. The predicted octanol–water partition coefficient (Wildman–Crippen LogP) is 2.90. The Labute approximate surface area is 184 Å². The predicted molar refractivity (Wildman–Crippen MR) is 120 cm³/mol. The highest BCUT2D eigenvalue weighted by atomic mass is 32.2. The van der Waals surface area contributed by atoms with Crippen LogP contribution in [0.25, 0.3) is 6.08 Å². The molecule has 2 fully saturated rings. The summed E-state index contributed by atoms with van der Waals surface area (Å²) in [6.45, 7) is 4.22. The van der Waals surface area contributed by atoms with Gasteiger partial charge in [-0.15, -0.1) is 0 Å². The van der Waals surface area contributed by atoms with Crippen molar-refractivity contribution in [3.63, 3.8) is 0 Å². The zero-order valence-corrected chi connectivity index (χ0v) is 17.9. The number of para-hydroxylation sites is 2. The third-order valence-electron chi connectivity index (χ3n) is 4.89. The maximum atomic E-state index is 12.7. The molecule has 31 heavy (non-hydrogen) atoms. The second-order valence-corrected chi connectivity index (χ2v) is 8.13. The highest BCUT2D eigenvalue weighted by molar-refractivity contribution is 8.18. The molecule has 0 radical (unpaired) electrons. The van der Waals surface area contributed by atoms with Gasteiger partial charge < -0.3 is 15.0 Å². The standard InChI is InChI=1S/C22H22N4O4S/c1-15-5-4-6-16(23-15)13-19-21(28)26(22(29)31-19)14-20(27)24-17-7-2-3-8-18(17)25-9-11-30-12-10-25/h2-8,13H,9-12,14H2,1H3,(H,24,27)/b19-13+. The number of morpholine rings is 1. The number of aryl methyl sites for hydroxylation is 1. The van der Waals surface area contributed by atoms with Crippen LogP contribution in [0.15, 0.2) is 47.4 Å². The normalized spacial score (nSPS) is 18.0. The number of hydrogen-bond donors (Lipinski definition) is 1. The maximum Gasteiger partial charge on any atom is 0.294 e. The van der Waals surface area contributed by atoms with Crippen LogP contribution in [0.2, 0.25) is 0 Å². The van der Waals surface area contributed by atoms with Crippen molar-refractivity contribution >= 4 is 46.3 Å². The summed E-state index contributed by atoms with van der Waals surface area (Å²) in [6.07, 6.45) is 1.57. The number of carbonyl (C=O) groups excluding carboxylic acids is 3. The van der Waals surface area contributed by atoms with Gasteiger partial charge in [0, 0.05) is 18.8 Å². The van der Waals surface area contributed by atoms with Crippen molar-refractivity contribution in [2.75, 3.05) is 43.1 Å². The third-order valence-corrected chi connectivity index (χ3v) is 5.80. The van der Waals surface area contributed by atoms with Gasteiger partial charge in [-0.3, -0.25) is 24.3 Å². The summed E-state index contributed by atoms with van der Waals surface area (Å²) in [6, 6.07) is 12.9. The molecular formula is C22H22N4O4S. The van der Waals surface area contributed by atoms with Gasteiger partial charge in [0.2, 0.25) is 5.91 Å². The van der Waals surface area contributed by atoms with E-state index in [-0.39, 0.29) is 11.4 Å². The number of anilines is 2. The molecule has 0 spiro atoms. The lowest BCUT2D eigenvalue weighted by Crippen LogP contribution is -2.38. The highest BCUT2D eigenvalue weighted by Crippen LogP contribution is 2.32. The first kappa shape index (κ1) is 21.1.